The number of para-hydroxylation sites is 1. The quantitative estimate of drug-likeness (QED) is 0.776. The molecule has 0 fully saturated rings. The second-order valence-electron chi connectivity index (χ2n) is 4.85. The zero-order chi connectivity index (χ0) is 15.3. The smallest absolute Gasteiger partial charge is 0.239 e. The van der Waals surface area contributed by atoms with E-state index in [1.54, 1.807) is 25.2 Å². The Balaban J connectivity index is 2.61. The molecule has 0 bridgehead atoms. The van der Waals surface area contributed by atoms with Crippen LogP contribution < -0.4 is 5.73 Å². The van der Waals surface area contributed by atoms with Gasteiger partial charge < -0.3 is 15.7 Å². The molecule has 1 atom stereocenters. The van der Waals surface area contributed by atoms with Crippen LogP contribution in [0.2, 0.25) is 0 Å². The monoisotopic (exact) mass is 300 g/mol. The number of hydrogen-bond acceptors (Lipinski definition) is 5. The second kappa shape index (κ2) is 6.71. The summed E-state index contributed by atoms with van der Waals surface area (Å²) >= 11 is 0. The van der Waals surface area contributed by atoms with Crippen LogP contribution in [0.3, 0.4) is 0 Å². The van der Waals surface area contributed by atoms with Gasteiger partial charge in [-0.3, -0.25) is 4.79 Å². The summed E-state index contributed by atoms with van der Waals surface area (Å²) in [4.78, 5) is 13.4. The first-order valence-corrected chi connectivity index (χ1v) is 8.22. The molecule has 112 valence electrons. The maximum absolute atomic E-state index is 12.0. The number of aromatic hydroxyl groups is 1. The fourth-order valence-corrected chi connectivity index (χ4v) is 2.41. The first kappa shape index (κ1) is 16.5. The number of phenolic OH excluding ortho intramolecular Hbond substituents is 1. The summed E-state index contributed by atoms with van der Waals surface area (Å²) in [5.74, 6) is -0.363. The minimum atomic E-state index is -3.13. The van der Waals surface area contributed by atoms with Gasteiger partial charge in [-0.25, -0.2) is 8.42 Å². The lowest BCUT2D eigenvalue weighted by atomic mass is 10.1. The largest absolute Gasteiger partial charge is 0.508 e. The number of carbonyl (C=O) groups excluding carboxylic acids is 1. The number of amides is 1. The summed E-state index contributed by atoms with van der Waals surface area (Å²) in [5, 5.41) is 9.64. The Morgan fingerprint density at radius 3 is 2.55 bits per heavy atom. The van der Waals surface area contributed by atoms with E-state index in [2.05, 4.69) is 0 Å². The third kappa shape index (κ3) is 5.18. The molecular formula is C13H20N2O4S. The molecule has 1 unspecified atom stereocenters. The molecule has 1 rings (SSSR count). The molecule has 6 nitrogen and oxygen atoms in total. The van der Waals surface area contributed by atoms with Crippen LogP contribution in [-0.4, -0.2) is 49.4 Å². The van der Waals surface area contributed by atoms with Crippen LogP contribution in [0.4, 0.5) is 0 Å². The molecule has 0 heterocycles. The van der Waals surface area contributed by atoms with Crippen LogP contribution in [0.15, 0.2) is 24.3 Å². The molecule has 0 aromatic heterocycles. The summed E-state index contributed by atoms with van der Waals surface area (Å²) in [7, 11) is -1.57. The van der Waals surface area contributed by atoms with E-state index in [1.807, 2.05) is 0 Å². The molecule has 1 amide bonds. The van der Waals surface area contributed by atoms with Crippen LogP contribution in [0.25, 0.3) is 0 Å². The van der Waals surface area contributed by atoms with Crippen LogP contribution in [-0.2, 0) is 21.2 Å². The molecular weight excluding hydrogens is 280 g/mol. The molecule has 1 aromatic rings. The van der Waals surface area contributed by atoms with Crippen molar-refractivity contribution in [2.24, 2.45) is 5.73 Å². The van der Waals surface area contributed by atoms with Gasteiger partial charge in [0.05, 0.1) is 11.8 Å². The first-order valence-electron chi connectivity index (χ1n) is 6.16. The molecule has 0 aliphatic carbocycles. The van der Waals surface area contributed by atoms with Crippen molar-refractivity contribution in [1.29, 1.82) is 0 Å². The number of benzene rings is 1. The second-order valence-corrected chi connectivity index (χ2v) is 7.11. The van der Waals surface area contributed by atoms with Gasteiger partial charge in [-0.15, -0.1) is 0 Å². The average molecular weight is 300 g/mol. The molecule has 0 saturated carbocycles. The van der Waals surface area contributed by atoms with Gasteiger partial charge in [0.25, 0.3) is 0 Å². The van der Waals surface area contributed by atoms with Crippen molar-refractivity contribution in [3.63, 3.8) is 0 Å². The Bertz CT molecular complexity index is 571. The van der Waals surface area contributed by atoms with E-state index in [9.17, 15) is 18.3 Å². The van der Waals surface area contributed by atoms with Crippen molar-refractivity contribution in [1.82, 2.24) is 4.90 Å². The standard InChI is InChI=1S/C13H20N2O4S/c1-15(9-10-5-3-4-6-12(10)16)13(17)11(14)7-8-20(2,18)19/h3-6,11,16H,7-9,14H2,1-2H3. The Labute approximate surface area is 119 Å². The van der Waals surface area contributed by atoms with Crippen molar-refractivity contribution in [3.05, 3.63) is 29.8 Å². The lowest BCUT2D eigenvalue weighted by molar-refractivity contribution is -0.131. The van der Waals surface area contributed by atoms with E-state index >= 15 is 0 Å². The summed E-state index contributed by atoms with van der Waals surface area (Å²) in [5.41, 5.74) is 6.31. The number of nitrogens with two attached hydrogens (primary N) is 1. The highest BCUT2D eigenvalue weighted by molar-refractivity contribution is 7.90. The highest BCUT2D eigenvalue weighted by Crippen LogP contribution is 2.17. The van der Waals surface area contributed by atoms with E-state index in [0.717, 1.165) is 6.26 Å². The van der Waals surface area contributed by atoms with Gasteiger partial charge in [0, 0.05) is 25.4 Å². The zero-order valence-electron chi connectivity index (χ0n) is 11.6. The predicted molar refractivity (Wildman–Crippen MR) is 76.9 cm³/mol. The highest BCUT2D eigenvalue weighted by atomic mass is 32.2. The lowest BCUT2D eigenvalue weighted by Crippen LogP contribution is -2.42. The zero-order valence-corrected chi connectivity index (χ0v) is 12.4. The molecule has 0 spiro atoms. The van der Waals surface area contributed by atoms with Gasteiger partial charge >= 0.3 is 0 Å². The van der Waals surface area contributed by atoms with E-state index in [0.29, 0.717) is 5.56 Å². The Hall–Kier alpha value is -1.60. The van der Waals surface area contributed by atoms with Crippen LogP contribution >= 0.6 is 0 Å². The van der Waals surface area contributed by atoms with Crippen molar-refractivity contribution < 1.29 is 18.3 Å². The van der Waals surface area contributed by atoms with Gasteiger partial charge in [0.1, 0.15) is 15.6 Å². The summed E-state index contributed by atoms with van der Waals surface area (Å²) in [6.45, 7) is 0.220. The minimum Gasteiger partial charge on any atom is -0.508 e. The van der Waals surface area contributed by atoms with Crippen molar-refractivity contribution in [2.45, 2.75) is 19.0 Å². The van der Waals surface area contributed by atoms with Gasteiger partial charge in [0.2, 0.25) is 5.91 Å². The highest BCUT2D eigenvalue weighted by Gasteiger charge is 2.20. The molecule has 7 heteroatoms. The number of nitrogens with zero attached hydrogens (tertiary/aromatic N) is 1. The number of sulfone groups is 1. The fraction of sp³-hybridized carbons (Fsp3) is 0.462. The topological polar surface area (TPSA) is 101 Å². The van der Waals surface area contributed by atoms with Gasteiger partial charge in [0.15, 0.2) is 0 Å². The van der Waals surface area contributed by atoms with Crippen LogP contribution in [0, 0.1) is 0 Å². The lowest BCUT2D eigenvalue weighted by Gasteiger charge is -2.21. The Kier molecular flexibility index (Phi) is 5.52. The maximum atomic E-state index is 12.0. The first-order chi connectivity index (χ1) is 9.20. The SMILES string of the molecule is CN(Cc1ccccc1O)C(=O)C(N)CCS(C)(=O)=O. The molecule has 0 aliphatic rings. The number of likely N-dealkylation sites (N-methyl/N-ethyl adjacent to an activating group) is 1. The molecule has 0 saturated heterocycles. The van der Waals surface area contributed by atoms with E-state index < -0.39 is 15.9 Å². The van der Waals surface area contributed by atoms with Crippen molar-refractivity contribution in [2.75, 3.05) is 19.1 Å². The summed E-state index contributed by atoms with van der Waals surface area (Å²) in [6.07, 6.45) is 1.19. The van der Waals surface area contributed by atoms with Crippen molar-refractivity contribution >= 4 is 15.7 Å². The minimum absolute atomic E-state index is 0.0861. The Morgan fingerprint density at radius 1 is 1.40 bits per heavy atom. The summed E-state index contributed by atoms with van der Waals surface area (Å²) < 4.78 is 22.1. The predicted octanol–water partition coefficient (Wildman–Crippen LogP) is 0.113. The molecule has 0 radical (unpaired) electrons. The molecule has 0 aliphatic heterocycles. The molecule has 1 aromatic carbocycles. The normalized spacial score (nSPS) is 12.9. The fourth-order valence-electron chi connectivity index (χ4n) is 1.73. The molecule has 20 heavy (non-hydrogen) atoms. The van der Waals surface area contributed by atoms with Crippen LogP contribution in [0.5, 0.6) is 5.75 Å². The number of carbonyl (C=O) groups is 1. The third-order valence-electron chi connectivity index (χ3n) is 2.89. The number of hydrogen-bond donors (Lipinski definition) is 2. The van der Waals surface area contributed by atoms with Crippen molar-refractivity contribution in [3.8, 4) is 5.75 Å². The average Bonchev–Trinajstić information content (AvgIpc) is 2.36. The van der Waals surface area contributed by atoms with E-state index in [-0.39, 0.29) is 30.4 Å². The van der Waals surface area contributed by atoms with E-state index in [4.69, 9.17) is 5.73 Å². The number of rotatable bonds is 6. The Morgan fingerprint density at radius 2 is 2.00 bits per heavy atom. The third-order valence-corrected chi connectivity index (χ3v) is 3.87. The summed E-state index contributed by atoms with van der Waals surface area (Å²) in [6, 6.07) is 5.84. The maximum Gasteiger partial charge on any atom is 0.239 e. The molecule has 3 N–H and O–H groups in total. The van der Waals surface area contributed by atoms with E-state index in [1.165, 1.54) is 11.0 Å². The number of phenols is 1. The van der Waals surface area contributed by atoms with Gasteiger partial charge in [-0.1, -0.05) is 18.2 Å². The van der Waals surface area contributed by atoms with Gasteiger partial charge in [-0.05, 0) is 12.5 Å². The van der Waals surface area contributed by atoms with Crippen LogP contribution in [0.1, 0.15) is 12.0 Å². The van der Waals surface area contributed by atoms with Gasteiger partial charge in [-0.2, -0.15) is 0 Å².